The highest BCUT2D eigenvalue weighted by Gasteiger charge is 2.23. The smallest absolute Gasteiger partial charge is 0.253 e. The fraction of sp³-hybridized carbons (Fsp3) is 0.353. The van der Waals surface area contributed by atoms with Crippen LogP contribution in [-0.4, -0.2) is 47.1 Å². The Morgan fingerprint density at radius 1 is 1.26 bits per heavy atom. The van der Waals surface area contributed by atoms with Gasteiger partial charge in [-0.15, -0.1) is 0 Å². The SMILES string of the molecule is O=C(c1ccc(Cl)cc1)N1CCOC[C@@H](Cc2cncnc2)C1. The maximum Gasteiger partial charge on any atom is 0.253 e. The normalized spacial score (nSPS) is 18.5. The van der Waals surface area contributed by atoms with Gasteiger partial charge in [0.2, 0.25) is 0 Å². The Labute approximate surface area is 140 Å². The summed E-state index contributed by atoms with van der Waals surface area (Å²) in [5, 5.41) is 0.628. The monoisotopic (exact) mass is 331 g/mol. The van der Waals surface area contributed by atoms with Gasteiger partial charge in [-0.2, -0.15) is 0 Å². The van der Waals surface area contributed by atoms with Crippen LogP contribution in [0.5, 0.6) is 0 Å². The van der Waals surface area contributed by atoms with Gasteiger partial charge in [0.25, 0.3) is 5.91 Å². The van der Waals surface area contributed by atoms with Crippen molar-refractivity contribution in [1.29, 1.82) is 0 Å². The zero-order valence-corrected chi connectivity index (χ0v) is 13.4. The van der Waals surface area contributed by atoms with Crippen LogP contribution in [0, 0.1) is 5.92 Å². The van der Waals surface area contributed by atoms with E-state index in [9.17, 15) is 4.79 Å². The number of hydrogen-bond donors (Lipinski definition) is 0. The lowest BCUT2D eigenvalue weighted by atomic mass is 10.0. The fourth-order valence-electron chi connectivity index (χ4n) is 2.73. The van der Waals surface area contributed by atoms with E-state index >= 15 is 0 Å². The second-order valence-electron chi connectivity index (χ2n) is 5.65. The molecule has 0 spiro atoms. The molecule has 1 aliphatic rings. The minimum Gasteiger partial charge on any atom is -0.379 e. The first kappa shape index (κ1) is 15.9. The van der Waals surface area contributed by atoms with Crippen molar-refractivity contribution in [2.75, 3.05) is 26.3 Å². The summed E-state index contributed by atoms with van der Waals surface area (Å²) in [6, 6.07) is 7.00. The first-order chi connectivity index (χ1) is 11.2. The zero-order chi connectivity index (χ0) is 16.1. The highest BCUT2D eigenvalue weighted by molar-refractivity contribution is 6.30. The number of ether oxygens (including phenoxy) is 1. The van der Waals surface area contributed by atoms with Crippen molar-refractivity contribution in [2.24, 2.45) is 5.92 Å². The summed E-state index contributed by atoms with van der Waals surface area (Å²) in [4.78, 5) is 22.6. The van der Waals surface area contributed by atoms with E-state index in [-0.39, 0.29) is 11.8 Å². The Morgan fingerprint density at radius 3 is 2.74 bits per heavy atom. The van der Waals surface area contributed by atoms with E-state index in [1.807, 2.05) is 17.3 Å². The van der Waals surface area contributed by atoms with Gasteiger partial charge in [-0.3, -0.25) is 4.79 Å². The van der Waals surface area contributed by atoms with Crippen LogP contribution in [0.25, 0.3) is 0 Å². The van der Waals surface area contributed by atoms with Gasteiger partial charge in [0.1, 0.15) is 6.33 Å². The lowest BCUT2D eigenvalue weighted by Crippen LogP contribution is -2.36. The number of nitrogens with zero attached hydrogens (tertiary/aromatic N) is 3. The maximum atomic E-state index is 12.7. The summed E-state index contributed by atoms with van der Waals surface area (Å²) < 4.78 is 5.66. The lowest BCUT2D eigenvalue weighted by molar-refractivity contribution is 0.0737. The average Bonchev–Trinajstić information content (AvgIpc) is 2.81. The van der Waals surface area contributed by atoms with Crippen molar-refractivity contribution < 1.29 is 9.53 Å². The van der Waals surface area contributed by atoms with Crippen LogP contribution >= 0.6 is 11.6 Å². The number of halogens is 1. The molecule has 2 aromatic rings. The molecular weight excluding hydrogens is 314 g/mol. The number of aromatic nitrogens is 2. The molecule has 0 aliphatic carbocycles. The summed E-state index contributed by atoms with van der Waals surface area (Å²) >= 11 is 5.88. The van der Waals surface area contributed by atoms with Gasteiger partial charge in [0.15, 0.2) is 0 Å². The van der Waals surface area contributed by atoms with Crippen molar-refractivity contribution in [3.05, 3.63) is 59.1 Å². The van der Waals surface area contributed by atoms with E-state index in [1.54, 1.807) is 24.3 Å². The third kappa shape index (κ3) is 4.27. The van der Waals surface area contributed by atoms with Gasteiger partial charge in [-0.25, -0.2) is 9.97 Å². The van der Waals surface area contributed by atoms with Gasteiger partial charge in [-0.1, -0.05) is 11.6 Å². The minimum atomic E-state index is 0.0153. The Kier molecular flexibility index (Phi) is 5.20. The van der Waals surface area contributed by atoms with Crippen molar-refractivity contribution >= 4 is 17.5 Å². The van der Waals surface area contributed by atoms with Crippen molar-refractivity contribution in [1.82, 2.24) is 14.9 Å². The molecule has 1 amide bonds. The zero-order valence-electron chi connectivity index (χ0n) is 12.7. The standard InChI is InChI=1S/C17H18ClN3O2/c18-16-3-1-15(2-4-16)17(22)21-5-6-23-11-14(10-21)7-13-8-19-12-20-9-13/h1-4,8-9,12,14H,5-7,10-11H2/t14-/m0/s1. The molecule has 0 radical (unpaired) electrons. The van der Waals surface area contributed by atoms with Gasteiger partial charge in [0.05, 0.1) is 13.2 Å². The third-order valence-corrected chi connectivity index (χ3v) is 4.11. The highest BCUT2D eigenvalue weighted by Crippen LogP contribution is 2.16. The molecule has 23 heavy (non-hydrogen) atoms. The molecule has 1 saturated heterocycles. The summed E-state index contributed by atoms with van der Waals surface area (Å²) in [6.07, 6.45) is 5.93. The number of hydrogen-bond acceptors (Lipinski definition) is 4. The molecular formula is C17H18ClN3O2. The number of rotatable bonds is 3. The van der Waals surface area contributed by atoms with Crippen LogP contribution in [0.1, 0.15) is 15.9 Å². The van der Waals surface area contributed by atoms with Crippen LogP contribution in [0.4, 0.5) is 0 Å². The largest absolute Gasteiger partial charge is 0.379 e. The van der Waals surface area contributed by atoms with Crippen molar-refractivity contribution in [3.8, 4) is 0 Å². The third-order valence-electron chi connectivity index (χ3n) is 3.85. The second kappa shape index (κ2) is 7.53. The van der Waals surface area contributed by atoms with E-state index in [1.165, 1.54) is 6.33 Å². The molecule has 0 unspecified atom stereocenters. The van der Waals surface area contributed by atoms with Crippen molar-refractivity contribution in [2.45, 2.75) is 6.42 Å². The van der Waals surface area contributed by atoms with E-state index in [4.69, 9.17) is 16.3 Å². The number of carbonyl (C=O) groups is 1. The van der Waals surface area contributed by atoms with E-state index < -0.39 is 0 Å². The van der Waals surface area contributed by atoms with Crippen LogP contribution in [-0.2, 0) is 11.2 Å². The summed E-state index contributed by atoms with van der Waals surface area (Å²) in [5.41, 5.74) is 1.71. The Hall–Kier alpha value is -1.98. The Balaban J connectivity index is 1.69. The molecule has 0 N–H and O–H groups in total. The van der Waals surface area contributed by atoms with Gasteiger partial charge in [0, 0.05) is 42.0 Å². The quantitative estimate of drug-likeness (QED) is 0.867. The second-order valence-corrected chi connectivity index (χ2v) is 6.09. The predicted molar refractivity (Wildman–Crippen MR) is 87.4 cm³/mol. The van der Waals surface area contributed by atoms with Gasteiger partial charge >= 0.3 is 0 Å². The molecule has 2 heterocycles. The molecule has 6 heteroatoms. The average molecular weight is 332 g/mol. The van der Waals surface area contributed by atoms with Gasteiger partial charge in [-0.05, 0) is 36.2 Å². The summed E-state index contributed by atoms with van der Waals surface area (Å²) in [7, 11) is 0. The molecule has 5 nitrogen and oxygen atoms in total. The lowest BCUT2D eigenvalue weighted by Gasteiger charge is -2.23. The molecule has 1 fully saturated rings. The van der Waals surface area contributed by atoms with E-state index in [2.05, 4.69) is 9.97 Å². The molecule has 120 valence electrons. The molecule has 0 saturated carbocycles. The predicted octanol–water partition coefficient (Wildman–Crippen LogP) is 2.46. The van der Waals surface area contributed by atoms with Crippen LogP contribution in [0.2, 0.25) is 5.02 Å². The van der Waals surface area contributed by atoms with E-state index in [0.29, 0.717) is 36.9 Å². The van der Waals surface area contributed by atoms with Crippen LogP contribution in [0.3, 0.4) is 0 Å². The summed E-state index contributed by atoms with van der Waals surface area (Å²) in [6.45, 7) is 2.46. The fourth-order valence-corrected chi connectivity index (χ4v) is 2.86. The Morgan fingerprint density at radius 2 is 2.00 bits per heavy atom. The molecule has 1 aromatic carbocycles. The summed E-state index contributed by atoms with van der Waals surface area (Å²) in [5.74, 6) is 0.251. The van der Waals surface area contributed by atoms with Gasteiger partial charge < -0.3 is 9.64 Å². The van der Waals surface area contributed by atoms with Crippen LogP contribution in [0.15, 0.2) is 43.0 Å². The number of amides is 1. The molecule has 1 aromatic heterocycles. The van der Waals surface area contributed by atoms with E-state index in [0.717, 1.165) is 12.0 Å². The van der Waals surface area contributed by atoms with Crippen molar-refractivity contribution in [3.63, 3.8) is 0 Å². The minimum absolute atomic E-state index is 0.0153. The molecule has 3 rings (SSSR count). The first-order valence-electron chi connectivity index (χ1n) is 7.59. The number of carbonyl (C=O) groups excluding carboxylic acids is 1. The highest BCUT2D eigenvalue weighted by atomic mass is 35.5. The maximum absolute atomic E-state index is 12.7. The molecule has 1 atom stereocenters. The first-order valence-corrected chi connectivity index (χ1v) is 7.96. The molecule has 1 aliphatic heterocycles. The number of benzene rings is 1. The molecule has 0 bridgehead atoms. The van der Waals surface area contributed by atoms with Crippen LogP contribution < -0.4 is 0 Å². The topological polar surface area (TPSA) is 55.3 Å². The Bertz CT molecular complexity index is 649.